The van der Waals surface area contributed by atoms with Gasteiger partial charge in [0, 0.05) is 12.6 Å². The molecule has 6 nitrogen and oxygen atoms in total. The highest BCUT2D eigenvalue weighted by molar-refractivity contribution is 5.68. The monoisotopic (exact) mass is 279 g/mol. The quantitative estimate of drug-likeness (QED) is 0.851. The summed E-state index contributed by atoms with van der Waals surface area (Å²) in [5.74, 6) is 0.452. The van der Waals surface area contributed by atoms with Gasteiger partial charge in [0.15, 0.2) is 0 Å². The van der Waals surface area contributed by atoms with Crippen molar-refractivity contribution in [3.8, 4) is 0 Å². The van der Waals surface area contributed by atoms with Gasteiger partial charge in [-0.1, -0.05) is 6.07 Å². The summed E-state index contributed by atoms with van der Waals surface area (Å²) in [5.41, 5.74) is 6.88. The number of nitrogen functional groups attached to an aromatic ring is 1. The summed E-state index contributed by atoms with van der Waals surface area (Å²) in [4.78, 5) is 17.9. The van der Waals surface area contributed by atoms with Crippen molar-refractivity contribution in [2.75, 3.05) is 19.4 Å². The third-order valence-electron chi connectivity index (χ3n) is 3.05. The standard InChI is InChI=1S/C14H21N3O3/c1-14(2,3)20-13(18)17(4)11-8-19-7-10-9(11)5-6-12(15)16-10/h5-6,11H,7-8H2,1-4H3,(H2,15,16). The first-order valence-electron chi connectivity index (χ1n) is 6.57. The Hall–Kier alpha value is -1.82. The molecule has 1 amide bonds. The number of anilines is 1. The predicted molar refractivity (Wildman–Crippen MR) is 75.0 cm³/mol. The maximum atomic E-state index is 12.1. The summed E-state index contributed by atoms with van der Waals surface area (Å²) < 4.78 is 10.9. The van der Waals surface area contributed by atoms with Crippen molar-refractivity contribution < 1.29 is 14.3 Å². The van der Waals surface area contributed by atoms with E-state index >= 15 is 0 Å². The van der Waals surface area contributed by atoms with E-state index in [1.165, 1.54) is 0 Å². The molecule has 0 fully saturated rings. The molecule has 0 radical (unpaired) electrons. The Morgan fingerprint density at radius 1 is 1.50 bits per heavy atom. The number of amides is 1. The smallest absolute Gasteiger partial charge is 0.410 e. The van der Waals surface area contributed by atoms with Gasteiger partial charge in [0.05, 0.1) is 24.9 Å². The number of carbonyl (C=O) groups is 1. The molecule has 1 aliphatic rings. The van der Waals surface area contributed by atoms with Crippen LogP contribution in [0.5, 0.6) is 0 Å². The number of hydrogen-bond donors (Lipinski definition) is 1. The van der Waals surface area contributed by atoms with Gasteiger partial charge in [-0.2, -0.15) is 0 Å². The summed E-state index contributed by atoms with van der Waals surface area (Å²) in [6, 6.07) is 3.42. The molecule has 2 rings (SSSR count). The van der Waals surface area contributed by atoms with Crippen LogP contribution >= 0.6 is 0 Å². The molecule has 0 saturated heterocycles. The minimum atomic E-state index is -0.525. The Kier molecular flexibility index (Phi) is 3.85. The molecule has 1 unspecified atom stereocenters. The molecular formula is C14H21N3O3. The van der Waals surface area contributed by atoms with Crippen LogP contribution in [0.15, 0.2) is 12.1 Å². The van der Waals surface area contributed by atoms with Crippen LogP contribution in [0.1, 0.15) is 38.1 Å². The molecule has 0 aliphatic carbocycles. The number of pyridine rings is 1. The van der Waals surface area contributed by atoms with Gasteiger partial charge in [0.2, 0.25) is 0 Å². The molecule has 1 aromatic rings. The van der Waals surface area contributed by atoms with E-state index in [2.05, 4.69) is 4.98 Å². The molecule has 1 atom stereocenters. The number of hydrogen-bond acceptors (Lipinski definition) is 5. The van der Waals surface area contributed by atoms with E-state index < -0.39 is 5.60 Å². The van der Waals surface area contributed by atoms with Crippen LogP contribution in [0, 0.1) is 0 Å². The normalized spacial score (nSPS) is 18.3. The number of aromatic nitrogens is 1. The molecule has 0 saturated carbocycles. The average Bonchev–Trinajstić information content (AvgIpc) is 2.34. The van der Waals surface area contributed by atoms with E-state index in [1.54, 1.807) is 18.0 Å². The van der Waals surface area contributed by atoms with Crippen LogP contribution in [-0.2, 0) is 16.1 Å². The number of likely N-dealkylation sites (N-methyl/N-ethyl adjacent to an activating group) is 1. The Morgan fingerprint density at radius 3 is 2.85 bits per heavy atom. The zero-order valence-corrected chi connectivity index (χ0v) is 12.3. The molecule has 6 heteroatoms. The van der Waals surface area contributed by atoms with Crippen LogP contribution in [0.3, 0.4) is 0 Å². The first kappa shape index (κ1) is 14.6. The number of nitrogens with zero attached hydrogens (tertiary/aromatic N) is 2. The van der Waals surface area contributed by atoms with Gasteiger partial charge in [-0.3, -0.25) is 0 Å². The van der Waals surface area contributed by atoms with E-state index in [0.717, 1.165) is 11.3 Å². The van der Waals surface area contributed by atoms with E-state index in [0.29, 0.717) is 19.0 Å². The fraction of sp³-hybridized carbons (Fsp3) is 0.571. The lowest BCUT2D eigenvalue weighted by Gasteiger charge is -2.33. The van der Waals surface area contributed by atoms with Gasteiger partial charge in [-0.25, -0.2) is 9.78 Å². The number of ether oxygens (including phenoxy) is 2. The Morgan fingerprint density at radius 2 is 2.20 bits per heavy atom. The molecule has 2 heterocycles. The molecule has 0 aromatic carbocycles. The van der Waals surface area contributed by atoms with Gasteiger partial charge in [0.25, 0.3) is 0 Å². The highest BCUT2D eigenvalue weighted by atomic mass is 16.6. The summed E-state index contributed by atoms with van der Waals surface area (Å²) in [6.45, 7) is 6.36. The van der Waals surface area contributed by atoms with E-state index in [9.17, 15) is 4.79 Å². The van der Waals surface area contributed by atoms with Gasteiger partial charge in [-0.15, -0.1) is 0 Å². The lowest BCUT2D eigenvalue weighted by atomic mass is 10.0. The third-order valence-corrected chi connectivity index (χ3v) is 3.05. The van der Waals surface area contributed by atoms with E-state index in [-0.39, 0.29) is 12.1 Å². The van der Waals surface area contributed by atoms with Crippen LogP contribution in [0.4, 0.5) is 10.6 Å². The predicted octanol–water partition coefficient (Wildman–Crippen LogP) is 2.10. The third kappa shape index (κ3) is 3.19. The Balaban J connectivity index is 2.20. The van der Waals surface area contributed by atoms with Crippen LogP contribution in [-0.4, -0.2) is 35.2 Å². The van der Waals surface area contributed by atoms with Crippen LogP contribution in [0.2, 0.25) is 0 Å². The second-order valence-corrected chi connectivity index (χ2v) is 5.89. The molecule has 2 N–H and O–H groups in total. The fourth-order valence-corrected chi connectivity index (χ4v) is 2.09. The van der Waals surface area contributed by atoms with Crippen molar-refractivity contribution in [1.29, 1.82) is 0 Å². The SMILES string of the molecule is CN(C(=O)OC(C)(C)C)C1COCc2nc(N)ccc21. The fourth-order valence-electron chi connectivity index (χ4n) is 2.09. The lowest BCUT2D eigenvalue weighted by molar-refractivity contribution is -0.00111. The van der Waals surface area contributed by atoms with Crippen molar-refractivity contribution in [1.82, 2.24) is 9.88 Å². The van der Waals surface area contributed by atoms with Crippen molar-refractivity contribution >= 4 is 11.9 Å². The topological polar surface area (TPSA) is 77.7 Å². The summed E-state index contributed by atoms with van der Waals surface area (Å²) in [7, 11) is 1.70. The molecular weight excluding hydrogens is 258 g/mol. The summed E-state index contributed by atoms with van der Waals surface area (Å²) >= 11 is 0. The van der Waals surface area contributed by atoms with Gasteiger partial charge >= 0.3 is 6.09 Å². The van der Waals surface area contributed by atoms with Crippen molar-refractivity contribution in [2.24, 2.45) is 0 Å². The summed E-state index contributed by atoms with van der Waals surface area (Å²) in [5, 5.41) is 0. The molecule has 1 aromatic heterocycles. The maximum Gasteiger partial charge on any atom is 0.410 e. The second-order valence-electron chi connectivity index (χ2n) is 5.89. The van der Waals surface area contributed by atoms with Crippen LogP contribution < -0.4 is 5.73 Å². The zero-order chi connectivity index (χ0) is 14.9. The van der Waals surface area contributed by atoms with Crippen LogP contribution in [0.25, 0.3) is 0 Å². The Labute approximate surface area is 118 Å². The number of rotatable bonds is 1. The van der Waals surface area contributed by atoms with Crippen molar-refractivity contribution in [3.63, 3.8) is 0 Å². The minimum absolute atomic E-state index is 0.207. The first-order chi connectivity index (χ1) is 9.28. The molecule has 20 heavy (non-hydrogen) atoms. The first-order valence-corrected chi connectivity index (χ1v) is 6.57. The minimum Gasteiger partial charge on any atom is -0.444 e. The zero-order valence-electron chi connectivity index (χ0n) is 12.3. The summed E-state index contributed by atoms with van der Waals surface area (Å²) in [6.07, 6.45) is -0.379. The highest BCUT2D eigenvalue weighted by Gasteiger charge is 2.30. The van der Waals surface area contributed by atoms with Gasteiger partial charge in [0.1, 0.15) is 11.4 Å². The molecule has 0 spiro atoms. The maximum absolute atomic E-state index is 12.1. The average molecular weight is 279 g/mol. The van der Waals surface area contributed by atoms with Crippen molar-refractivity contribution in [3.05, 3.63) is 23.4 Å². The highest BCUT2D eigenvalue weighted by Crippen LogP contribution is 2.29. The number of fused-ring (bicyclic) bond motifs is 1. The van der Waals surface area contributed by atoms with Gasteiger partial charge < -0.3 is 20.1 Å². The Bertz CT molecular complexity index is 511. The number of nitrogens with two attached hydrogens (primary N) is 1. The van der Waals surface area contributed by atoms with Gasteiger partial charge in [-0.05, 0) is 26.8 Å². The largest absolute Gasteiger partial charge is 0.444 e. The molecule has 1 aliphatic heterocycles. The van der Waals surface area contributed by atoms with E-state index in [4.69, 9.17) is 15.2 Å². The lowest BCUT2D eigenvalue weighted by Crippen LogP contribution is -2.40. The van der Waals surface area contributed by atoms with Crippen molar-refractivity contribution in [2.45, 2.75) is 39.0 Å². The molecule has 110 valence electrons. The van der Waals surface area contributed by atoms with E-state index in [1.807, 2.05) is 26.8 Å². The number of carbonyl (C=O) groups excluding carboxylic acids is 1. The second kappa shape index (κ2) is 5.28. The molecule has 0 bridgehead atoms.